The molecule has 0 spiro atoms. The van der Waals surface area contributed by atoms with E-state index in [0.29, 0.717) is 18.7 Å². The monoisotopic (exact) mass is 347 g/mol. The summed E-state index contributed by atoms with van der Waals surface area (Å²) in [5, 5.41) is 2.68. The van der Waals surface area contributed by atoms with Crippen LogP contribution >= 0.6 is 0 Å². The molecule has 2 rings (SSSR count). The van der Waals surface area contributed by atoms with E-state index in [-0.39, 0.29) is 30.7 Å². The zero-order valence-electron chi connectivity index (χ0n) is 13.5. The van der Waals surface area contributed by atoms with Crippen molar-refractivity contribution < 1.29 is 27.4 Å². The second-order valence-electron chi connectivity index (χ2n) is 5.69. The molecule has 134 valence electrons. The molecule has 0 aromatic carbocycles. The van der Waals surface area contributed by atoms with Crippen molar-refractivity contribution in [3.63, 3.8) is 0 Å². The van der Waals surface area contributed by atoms with Gasteiger partial charge in [0.1, 0.15) is 0 Å². The van der Waals surface area contributed by atoms with Crippen molar-refractivity contribution in [2.24, 2.45) is 0 Å². The van der Waals surface area contributed by atoms with Crippen molar-refractivity contribution in [1.82, 2.24) is 15.2 Å². The second kappa shape index (κ2) is 7.69. The normalized spacial score (nSPS) is 21.5. The summed E-state index contributed by atoms with van der Waals surface area (Å²) in [6, 6.07) is 2.83. The van der Waals surface area contributed by atoms with Crippen LogP contribution in [0, 0.1) is 0 Å². The Hall–Kier alpha value is -2.03. The highest BCUT2D eigenvalue weighted by atomic mass is 19.4. The van der Waals surface area contributed by atoms with Gasteiger partial charge in [0.25, 0.3) is 0 Å². The SMILES string of the molecule is C[C@@H]1CN(C(=O)NCc2cccnc2OCC(F)(F)F)C[C@H](C)O1. The fourth-order valence-corrected chi connectivity index (χ4v) is 2.47. The van der Waals surface area contributed by atoms with Crippen LogP contribution in [0.2, 0.25) is 0 Å². The minimum atomic E-state index is -4.45. The summed E-state index contributed by atoms with van der Waals surface area (Å²) in [5.74, 6) is -0.140. The van der Waals surface area contributed by atoms with Crippen molar-refractivity contribution in [3.8, 4) is 5.88 Å². The number of hydrogen-bond donors (Lipinski definition) is 1. The van der Waals surface area contributed by atoms with E-state index in [1.54, 1.807) is 17.0 Å². The van der Waals surface area contributed by atoms with E-state index in [9.17, 15) is 18.0 Å². The number of halogens is 3. The third-order valence-corrected chi connectivity index (χ3v) is 3.36. The number of ether oxygens (including phenoxy) is 2. The third-order valence-electron chi connectivity index (χ3n) is 3.36. The average Bonchev–Trinajstić information content (AvgIpc) is 2.49. The number of alkyl halides is 3. The predicted octanol–water partition coefficient (Wildman–Crippen LogP) is 2.34. The number of morpholine rings is 1. The lowest BCUT2D eigenvalue weighted by Crippen LogP contribution is -2.51. The molecule has 2 amide bonds. The van der Waals surface area contributed by atoms with Gasteiger partial charge in [-0.15, -0.1) is 0 Å². The summed E-state index contributed by atoms with van der Waals surface area (Å²) in [5.41, 5.74) is 0.379. The van der Waals surface area contributed by atoms with Gasteiger partial charge in [0.15, 0.2) is 6.61 Å². The first-order chi connectivity index (χ1) is 11.2. The maximum atomic E-state index is 12.3. The molecule has 1 saturated heterocycles. The number of carbonyl (C=O) groups excluding carboxylic acids is 1. The molecule has 1 N–H and O–H groups in total. The Morgan fingerprint density at radius 2 is 2.08 bits per heavy atom. The zero-order valence-corrected chi connectivity index (χ0v) is 13.5. The van der Waals surface area contributed by atoms with E-state index < -0.39 is 12.8 Å². The smallest absolute Gasteiger partial charge is 0.422 e. The van der Waals surface area contributed by atoms with E-state index in [1.807, 2.05) is 13.8 Å². The van der Waals surface area contributed by atoms with Gasteiger partial charge in [0.05, 0.1) is 12.2 Å². The van der Waals surface area contributed by atoms with Crippen LogP contribution in [-0.2, 0) is 11.3 Å². The molecule has 2 heterocycles. The molecule has 2 atom stereocenters. The van der Waals surface area contributed by atoms with Crippen molar-refractivity contribution >= 4 is 6.03 Å². The van der Waals surface area contributed by atoms with Gasteiger partial charge in [0.2, 0.25) is 5.88 Å². The summed E-state index contributed by atoms with van der Waals surface area (Å²) in [4.78, 5) is 17.6. The molecule has 0 bridgehead atoms. The lowest BCUT2D eigenvalue weighted by atomic mass is 10.2. The first-order valence-corrected chi connectivity index (χ1v) is 7.56. The van der Waals surface area contributed by atoms with Crippen molar-refractivity contribution in [2.45, 2.75) is 38.8 Å². The van der Waals surface area contributed by atoms with Crippen molar-refractivity contribution in [1.29, 1.82) is 0 Å². The number of nitrogens with zero attached hydrogens (tertiary/aromatic N) is 2. The third kappa shape index (κ3) is 5.55. The first kappa shape index (κ1) is 18.3. The zero-order chi connectivity index (χ0) is 17.7. The van der Waals surface area contributed by atoms with Gasteiger partial charge >= 0.3 is 12.2 Å². The summed E-state index contributed by atoms with van der Waals surface area (Å²) in [6.07, 6.45) is -3.24. The number of hydrogen-bond acceptors (Lipinski definition) is 4. The maximum Gasteiger partial charge on any atom is 0.422 e. The van der Waals surface area contributed by atoms with Crippen LogP contribution in [0.5, 0.6) is 5.88 Å². The molecule has 0 aliphatic carbocycles. The highest BCUT2D eigenvalue weighted by Crippen LogP contribution is 2.20. The number of urea groups is 1. The molecule has 6 nitrogen and oxygen atoms in total. The molecular weight excluding hydrogens is 327 g/mol. The molecule has 0 saturated carbocycles. The van der Waals surface area contributed by atoms with Crippen LogP contribution in [0.1, 0.15) is 19.4 Å². The van der Waals surface area contributed by atoms with Crippen LogP contribution in [0.4, 0.5) is 18.0 Å². The van der Waals surface area contributed by atoms with Gasteiger partial charge in [-0.25, -0.2) is 9.78 Å². The topological polar surface area (TPSA) is 63.7 Å². The Morgan fingerprint density at radius 3 is 2.71 bits per heavy atom. The molecule has 1 aromatic heterocycles. The van der Waals surface area contributed by atoms with E-state index in [2.05, 4.69) is 10.3 Å². The molecule has 1 aliphatic heterocycles. The lowest BCUT2D eigenvalue weighted by molar-refractivity contribution is -0.154. The molecule has 0 unspecified atom stereocenters. The van der Waals surface area contributed by atoms with Crippen LogP contribution in [-0.4, -0.2) is 54.0 Å². The van der Waals surface area contributed by atoms with E-state index in [1.165, 1.54) is 6.20 Å². The molecule has 0 radical (unpaired) electrons. The van der Waals surface area contributed by atoms with Gasteiger partial charge in [-0.1, -0.05) is 6.07 Å². The summed E-state index contributed by atoms with van der Waals surface area (Å²) < 4.78 is 47.0. The number of carbonyl (C=O) groups is 1. The Labute approximate surface area is 137 Å². The summed E-state index contributed by atoms with van der Waals surface area (Å²) in [7, 11) is 0. The van der Waals surface area contributed by atoms with Gasteiger partial charge in [-0.05, 0) is 19.9 Å². The van der Waals surface area contributed by atoms with Crippen LogP contribution < -0.4 is 10.1 Å². The number of nitrogens with one attached hydrogen (secondary N) is 1. The molecule has 1 aliphatic rings. The first-order valence-electron chi connectivity index (χ1n) is 7.56. The second-order valence-corrected chi connectivity index (χ2v) is 5.69. The average molecular weight is 347 g/mol. The molecule has 1 fully saturated rings. The Kier molecular flexibility index (Phi) is 5.87. The standard InChI is InChI=1S/C15H20F3N3O3/c1-10-7-21(8-11(2)24-10)14(22)20-6-12-4-3-5-19-13(12)23-9-15(16,17)18/h3-5,10-11H,6-9H2,1-2H3,(H,20,22)/t10-,11+. The van der Waals surface area contributed by atoms with Crippen LogP contribution in [0.3, 0.4) is 0 Å². The fraction of sp³-hybridized carbons (Fsp3) is 0.600. The Balaban J connectivity index is 1.93. The van der Waals surface area contributed by atoms with Gasteiger partial charge < -0.3 is 19.7 Å². The molecule has 24 heavy (non-hydrogen) atoms. The maximum absolute atomic E-state index is 12.3. The largest absolute Gasteiger partial charge is 0.468 e. The van der Waals surface area contributed by atoms with Gasteiger partial charge in [-0.3, -0.25) is 0 Å². The van der Waals surface area contributed by atoms with Crippen molar-refractivity contribution in [2.75, 3.05) is 19.7 Å². The number of amides is 2. The van der Waals surface area contributed by atoms with Crippen LogP contribution in [0.15, 0.2) is 18.3 Å². The summed E-state index contributed by atoms with van der Waals surface area (Å²) >= 11 is 0. The Bertz CT molecular complexity index is 558. The van der Waals surface area contributed by atoms with Gasteiger partial charge in [0, 0.05) is 31.4 Å². The minimum absolute atomic E-state index is 0.0278. The highest BCUT2D eigenvalue weighted by molar-refractivity contribution is 5.74. The molecule has 9 heteroatoms. The Morgan fingerprint density at radius 1 is 1.42 bits per heavy atom. The molecule has 1 aromatic rings. The van der Waals surface area contributed by atoms with E-state index in [4.69, 9.17) is 9.47 Å². The fourth-order valence-electron chi connectivity index (χ4n) is 2.47. The molecular formula is C15H20F3N3O3. The van der Waals surface area contributed by atoms with E-state index in [0.717, 1.165) is 0 Å². The number of rotatable bonds is 4. The van der Waals surface area contributed by atoms with E-state index >= 15 is 0 Å². The number of aromatic nitrogens is 1. The lowest BCUT2D eigenvalue weighted by Gasteiger charge is -2.35. The predicted molar refractivity (Wildman–Crippen MR) is 79.6 cm³/mol. The minimum Gasteiger partial charge on any atom is -0.468 e. The highest BCUT2D eigenvalue weighted by Gasteiger charge is 2.29. The quantitative estimate of drug-likeness (QED) is 0.908. The summed E-state index contributed by atoms with van der Waals surface area (Å²) in [6.45, 7) is 3.27. The van der Waals surface area contributed by atoms with Gasteiger partial charge in [-0.2, -0.15) is 13.2 Å². The van der Waals surface area contributed by atoms with Crippen molar-refractivity contribution in [3.05, 3.63) is 23.9 Å². The van der Waals surface area contributed by atoms with Crippen LogP contribution in [0.25, 0.3) is 0 Å². The number of pyridine rings is 1.